The van der Waals surface area contributed by atoms with E-state index in [1.165, 1.54) is 15.6 Å². The van der Waals surface area contributed by atoms with E-state index < -0.39 is 27.9 Å². The van der Waals surface area contributed by atoms with Crippen LogP contribution in [0.15, 0.2) is 58.8 Å². The highest BCUT2D eigenvalue weighted by Crippen LogP contribution is 2.34. The van der Waals surface area contributed by atoms with Crippen LogP contribution in [-0.4, -0.2) is 30.6 Å². The Morgan fingerprint density at radius 3 is 2.18 bits per heavy atom. The fraction of sp³-hybridized carbons (Fsp3) is 0.280. The van der Waals surface area contributed by atoms with Crippen molar-refractivity contribution in [1.29, 1.82) is 0 Å². The lowest BCUT2D eigenvalue weighted by Gasteiger charge is -2.28. The van der Waals surface area contributed by atoms with E-state index >= 15 is 0 Å². The van der Waals surface area contributed by atoms with Crippen LogP contribution in [0.4, 0.5) is 5.69 Å². The van der Waals surface area contributed by atoms with Gasteiger partial charge in [-0.05, 0) is 73.5 Å². The number of imide groups is 1. The molecule has 2 aromatic carbocycles. The zero-order valence-corrected chi connectivity index (χ0v) is 20.7. The van der Waals surface area contributed by atoms with Crippen molar-refractivity contribution in [1.82, 2.24) is 4.31 Å². The van der Waals surface area contributed by atoms with E-state index in [2.05, 4.69) is 0 Å². The quantitative estimate of drug-likeness (QED) is 0.485. The largest absolute Gasteiger partial charge is 0.274 e. The molecule has 2 heterocycles. The summed E-state index contributed by atoms with van der Waals surface area (Å²) in [4.78, 5) is 28.5. The number of benzene rings is 2. The van der Waals surface area contributed by atoms with Crippen LogP contribution in [-0.2, 0) is 26.2 Å². The maximum absolute atomic E-state index is 14.1. The smallest absolute Gasteiger partial charge is 0.252 e. The third-order valence-electron chi connectivity index (χ3n) is 6.24. The lowest BCUT2D eigenvalue weighted by atomic mass is 10.0. The molecule has 3 aromatic rings. The number of carbonyl (C=O) groups is 2. The molecule has 1 fully saturated rings. The molecular weight excluding hydrogens is 456 g/mol. The molecule has 172 valence electrons. The van der Waals surface area contributed by atoms with Gasteiger partial charge in [0.2, 0.25) is 15.9 Å². The Labute approximate surface area is 198 Å². The van der Waals surface area contributed by atoms with Crippen LogP contribution in [0.2, 0.25) is 0 Å². The number of para-hydroxylation sites is 1. The topological polar surface area (TPSA) is 74.8 Å². The van der Waals surface area contributed by atoms with E-state index in [-0.39, 0.29) is 17.9 Å². The summed E-state index contributed by atoms with van der Waals surface area (Å²) in [7, 11) is -4.09. The van der Waals surface area contributed by atoms with Crippen LogP contribution < -0.4 is 4.90 Å². The van der Waals surface area contributed by atoms with Gasteiger partial charge in [-0.25, -0.2) is 13.3 Å². The predicted molar refractivity (Wildman–Crippen MR) is 130 cm³/mol. The van der Waals surface area contributed by atoms with Gasteiger partial charge in [-0.15, -0.1) is 11.3 Å². The minimum Gasteiger partial charge on any atom is -0.274 e. The van der Waals surface area contributed by atoms with Crippen molar-refractivity contribution in [3.63, 3.8) is 0 Å². The molecule has 1 unspecified atom stereocenters. The number of sulfonamides is 1. The highest BCUT2D eigenvalue weighted by atomic mass is 32.2. The summed E-state index contributed by atoms with van der Waals surface area (Å²) < 4.78 is 29.5. The monoisotopic (exact) mass is 482 g/mol. The number of aryl methyl sites for hydroxylation is 2. The van der Waals surface area contributed by atoms with E-state index in [4.69, 9.17) is 0 Å². The SMILES string of the molecule is Cc1cc(C)c(C)c(S(=O)(=O)N(Cc2cccs2)C2CC(=O)N(c3ccccc3)C2=O)c1C. The normalized spacial score (nSPS) is 16.8. The number of hydrogen-bond donors (Lipinski definition) is 0. The molecule has 8 heteroatoms. The summed E-state index contributed by atoms with van der Waals surface area (Å²) in [5.74, 6) is -0.928. The van der Waals surface area contributed by atoms with Crippen molar-refractivity contribution in [2.75, 3.05) is 4.90 Å². The number of carbonyl (C=O) groups excluding carboxylic acids is 2. The van der Waals surface area contributed by atoms with Gasteiger partial charge in [0.05, 0.1) is 17.0 Å². The fourth-order valence-corrected chi connectivity index (χ4v) is 7.22. The van der Waals surface area contributed by atoms with Gasteiger partial charge in [-0.1, -0.05) is 30.3 Å². The molecular formula is C25H26N2O4S2. The first kappa shape index (κ1) is 23.4. The highest BCUT2D eigenvalue weighted by molar-refractivity contribution is 7.89. The highest BCUT2D eigenvalue weighted by Gasteiger charge is 2.47. The van der Waals surface area contributed by atoms with E-state index in [0.29, 0.717) is 16.8 Å². The maximum Gasteiger partial charge on any atom is 0.252 e. The molecule has 1 aliphatic heterocycles. The third-order valence-corrected chi connectivity index (χ3v) is 9.23. The first-order chi connectivity index (χ1) is 15.6. The second-order valence-corrected chi connectivity index (χ2v) is 11.2. The second kappa shape index (κ2) is 8.85. The van der Waals surface area contributed by atoms with E-state index in [9.17, 15) is 18.0 Å². The number of rotatable bonds is 6. The molecule has 6 nitrogen and oxygen atoms in total. The first-order valence-corrected chi connectivity index (χ1v) is 13.0. The minimum absolute atomic E-state index is 0.0260. The number of thiophene rings is 1. The van der Waals surface area contributed by atoms with Gasteiger partial charge in [0.15, 0.2) is 0 Å². The van der Waals surface area contributed by atoms with Crippen LogP contribution in [0.5, 0.6) is 0 Å². The standard InChI is InChI=1S/C25H26N2O4S2/c1-16-13-17(2)19(4)24(18(16)3)33(30,31)26(15-21-11-8-12-32-21)22-14-23(28)27(25(22)29)20-9-6-5-7-10-20/h5-13,22H,14-15H2,1-4H3. The van der Waals surface area contributed by atoms with Crippen molar-refractivity contribution < 1.29 is 18.0 Å². The van der Waals surface area contributed by atoms with Crippen LogP contribution in [0, 0.1) is 27.7 Å². The average molecular weight is 483 g/mol. The van der Waals surface area contributed by atoms with E-state index in [0.717, 1.165) is 20.9 Å². The fourth-order valence-electron chi connectivity index (χ4n) is 4.29. The van der Waals surface area contributed by atoms with E-state index in [1.807, 2.05) is 37.4 Å². The molecule has 0 spiro atoms. The van der Waals surface area contributed by atoms with Gasteiger partial charge in [0, 0.05) is 11.4 Å². The Morgan fingerprint density at radius 1 is 0.970 bits per heavy atom. The van der Waals surface area contributed by atoms with Gasteiger partial charge in [-0.3, -0.25) is 9.59 Å². The molecule has 1 aliphatic rings. The van der Waals surface area contributed by atoms with Crippen LogP contribution >= 0.6 is 11.3 Å². The Hall–Kier alpha value is -2.81. The molecule has 2 amide bonds. The molecule has 1 atom stereocenters. The molecule has 0 bridgehead atoms. The lowest BCUT2D eigenvalue weighted by molar-refractivity contribution is -0.122. The third kappa shape index (κ3) is 4.14. The van der Waals surface area contributed by atoms with Gasteiger partial charge in [-0.2, -0.15) is 4.31 Å². The number of hydrogen-bond acceptors (Lipinski definition) is 5. The van der Waals surface area contributed by atoms with Gasteiger partial charge in [0.25, 0.3) is 5.91 Å². The molecule has 4 rings (SSSR count). The zero-order valence-electron chi connectivity index (χ0n) is 19.0. The van der Waals surface area contributed by atoms with E-state index in [1.54, 1.807) is 44.2 Å². The summed E-state index contributed by atoms with van der Waals surface area (Å²) in [6, 6.07) is 13.2. The number of amides is 2. The zero-order chi connectivity index (χ0) is 23.9. The van der Waals surface area contributed by atoms with Crippen LogP contribution in [0.1, 0.15) is 33.6 Å². The van der Waals surface area contributed by atoms with Crippen molar-refractivity contribution in [3.05, 3.63) is 81.0 Å². The molecule has 0 aliphatic carbocycles. The average Bonchev–Trinajstić information content (AvgIpc) is 3.38. The summed E-state index contributed by atoms with van der Waals surface area (Å²) in [5, 5.41) is 1.87. The van der Waals surface area contributed by atoms with Gasteiger partial charge >= 0.3 is 0 Å². The minimum atomic E-state index is -4.09. The summed E-state index contributed by atoms with van der Waals surface area (Å²) in [5.41, 5.74) is 3.50. The number of nitrogens with zero attached hydrogens (tertiary/aromatic N) is 2. The summed E-state index contributed by atoms with van der Waals surface area (Å²) >= 11 is 1.42. The first-order valence-electron chi connectivity index (χ1n) is 10.7. The van der Waals surface area contributed by atoms with Gasteiger partial charge < -0.3 is 0 Å². The van der Waals surface area contributed by atoms with Gasteiger partial charge in [0.1, 0.15) is 6.04 Å². The number of anilines is 1. The van der Waals surface area contributed by atoms with Crippen molar-refractivity contribution in [2.24, 2.45) is 0 Å². The molecule has 0 saturated carbocycles. The molecule has 33 heavy (non-hydrogen) atoms. The van der Waals surface area contributed by atoms with Crippen LogP contribution in [0.3, 0.4) is 0 Å². The molecule has 0 N–H and O–H groups in total. The second-order valence-electron chi connectivity index (χ2n) is 8.34. The predicted octanol–water partition coefficient (Wildman–Crippen LogP) is 4.50. The lowest BCUT2D eigenvalue weighted by Crippen LogP contribution is -2.45. The Morgan fingerprint density at radius 2 is 1.61 bits per heavy atom. The molecule has 1 aromatic heterocycles. The Kier molecular flexibility index (Phi) is 6.26. The van der Waals surface area contributed by atoms with Crippen LogP contribution in [0.25, 0.3) is 0 Å². The Bertz CT molecular complexity index is 1290. The van der Waals surface area contributed by atoms with Crippen molar-refractivity contribution in [2.45, 2.75) is 51.6 Å². The molecule has 1 saturated heterocycles. The van der Waals surface area contributed by atoms with Crippen molar-refractivity contribution >= 4 is 38.9 Å². The Balaban J connectivity index is 1.84. The summed E-state index contributed by atoms with van der Waals surface area (Å²) in [6.07, 6.45) is -0.193. The van der Waals surface area contributed by atoms with Crippen molar-refractivity contribution in [3.8, 4) is 0 Å². The maximum atomic E-state index is 14.1. The molecule has 0 radical (unpaired) electrons. The summed E-state index contributed by atoms with van der Waals surface area (Å²) in [6.45, 7) is 7.36.